The van der Waals surface area contributed by atoms with E-state index in [1.54, 1.807) is 10.4 Å². The Morgan fingerprint density at radius 1 is 0.750 bits per heavy atom. The van der Waals surface area contributed by atoms with Crippen LogP contribution in [0.1, 0.15) is 12.8 Å². The minimum absolute atomic E-state index is 0. The fraction of sp³-hybridized carbons (Fsp3) is 0.556. The van der Waals surface area contributed by atoms with Crippen molar-refractivity contribution in [3.63, 3.8) is 0 Å². The van der Waals surface area contributed by atoms with Crippen LogP contribution in [0.15, 0.2) is 41.3 Å². The summed E-state index contributed by atoms with van der Waals surface area (Å²) in [5.41, 5.74) is 0. The van der Waals surface area contributed by atoms with Gasteiger partial charge in [0.2, 0.25) is 0 Å². The zero-order valence-corrected chi connectivity index (χ0v) is 23.7. The van der Waals surface area contributed by atoms with E-state index in [-0.39, 0.29) is 24.8 Å². The summed E-state index contributed by atoms with van der Waals surface area (Å²) in [6, 6.07) is 0. The molecule has 0 aromatic rings. The van der Waals surface area contributed by atoms with Gasteiger partial charge in [-0.2, -0.15) is 0 Å². The quantitative estimate of drug-likeness (QED) is 0.463. The Hall–Kier alpha value is 1.07. The van der Waals surface area contributed by atoms with Gasteiger partial charge in [0, 0.05) is 0 Å². The number of rotatable bonds is 5. The van der Waals surface area contributed by atoms with Crippen LogP contribution < -0.4 is 24.8 Å². The standard InChI is InChI=1S/2C8H13Si.C2H7Si.2ClH.Zr/c2*1-9(2,3)8-6-4-5-7-8;1-3-2;;;/h2*6-7H,4H2,1-3H3;3H,1-2H3;2*1H;/q;;;;;+2/p-2. The van der Waals surface area contributed by atoms with Gasteiger partial charge < -0.3 is 24.8 Å². The van der Waals surface area contributed by atoms with Crippen LogP contribution in [-0.4, -0.2) is 22.1 Å². The van der Waals surface area contributed by atoms with E-state index in [0.29, 0.717) is 0 Å². The van der Waals surface area contributed by atoms with Crippen molar-refractivity contribution in [1.82, 2.24) is 0 Å². The van der Waals surface area contributed by atoms with Crippen LogP contribution in [0.2, 0.25) is 52.4 Å². The first-order valence-corrected chi connectivity index (χ1v) is 25.3. The second-order valence-corrected chi connectivity index (χ2v) is 38.7. The molecule has 0 saturated carbocycles. The van der Waals surface area contributed by atoms with E-state index in [2.05, 4.69) is 76.7 Å². The molecule has 2 aliphatic rings. The molecule has 0 atom stereocenters. The van der Waals surface area contributed by atoms with Gasteiger partial charge in [-0.1, -0.05) is 0 Å². The average molecular weight is 496 g/mol. The van der Waals surface area contributed by atoms with Crippen LogP contribution in [0, 0.1) is 0 Å². The largest absolute Gasteiger partial charge is 1.00 e. The molecular formula is C18H33Cl2Si3Zr. The zero-order valence-electron chi connectivity index (χ0n) is 16.6. The van der Waals surface area contributed by atoms with Crippen molar-refractivity contribution in [2.45, 2.75) is 65.2 Å². The molecule has 0 N–H and O–H groups in total. The summed E-state index contributed by atoms with van der Waals surface area (Å²) in [6.45, 7) is 20.2. The van der Waals surface area contributed by atoms with Gasteiger partial charge in [0.15, 0.2) is 0 Å². The van der Waals surface area contributed by atoms with Gasteiger partial charge in [0.25, 0.3) is 0 Å². The second kappa shape index (κ2) is 9.32. The molecule has 0 aliphatic heterocycles. The molecule has 0 aromatic heterocycles. The predicted octanol–water partition coefficient (Wildman–Crippen LogP) is -0.221. The Kier molecular flexibility index (Phi) is 9.74. The van der Waals surface area contributed by atoms with Crippen LogP contribution in [0.4, 0.5) is 0 Å². The maximum atomic E-state index is 2.68. The van der Waals surface area contributed by atoms with Gasteiger partial charge in [-0.05, 0) is 0 Å². The van der Waals surface area contributed by atoms with E-state index in [0.717, 1.165) is 0 Å². The maximum absolute atomic E-state index is 2.68. The molecular weight excluding hydrogens is 463 g/mol. The number of hydrogen-bond donors (Lipinski definition) is 0. The van der Waals surface area contributed by atoms with E-state index in [4.69, 9.17) is 0 Å². The van der Waals surface area contributed by atoms with Gasteiger partial charge in [0.1, 0.15) is 0 Å². The third-order valence-electron chi connectivity index (χ3n) is 4.74. The molecule has 0 spiro atoms. The van der Waals surface area contributed by atoms with Gasteiger partial charge in [-0.25, -0.2) is 0 Å². The number of halogens is 2. The minimum Gasteiger partial charge on any atom is -1.00 e. The van der Waals surface area contributed by atoms with Gasteiger partial charge >= 0.3 is 149 Å². The summed E-state index contributed by atoms with van der Waals surface area (Å²) >= 11 is -1.50. The Morgan fingerprint density at radius 3 is 1.29 bits per heavy atom. The van der Waals surface area contributed by atoms with Crippen molar-refractivity contribution >= 4 is 22.1 Å². The molecule has 0 unspecified atom stereocenters. The predicted molar refractivity (Wildman–Crippen MR) is 107 cm³/mol. The summed E-state index contributed by atoms with van der Waals surface area (Å²) in [5.74, 6) is -0.530. The van der Waals surface area contributed by atoms with E-state index in [1.165, 1.54) is 12.8 Å². The molecule has 2 aliphatic carbocycles. The maximum Gasteiger partial charge on any atom is -1.00 e. The molecule has 24 heavy (non-hydrogen) atoms. The molecule has 0 saturated heterocycles. The Morgan fingerprint density at radius 2 is 1.08 bits per heavy atom. The second-order valence-electron chi connectivity index (χ2n) is 9.13. The summed E-state index contributed by atoms with van der Waals surface area (Å²) < 4.78 is 3.86. The average Bonchev–Trinajstić information content (AvgIpc) is 2.95. The van der Waals surface area contributed by atoms with Crippen molar-refractivity contribution in [1.29, 1.82) is 0 Å². The van der Waals surface area contributed by atoms with E-state index < -0.39 is 43.0 Å². The molecule has 2 rings (SSSR count). The van der Waals surface area contributed by atoms with Crippen LogP contribution >= 0.6 is 0 Å². The zero-order chi connectivity index (χ0) is 16.7. The van der Waals surface area contributed by atoms with Crippen LogP contribution in [0.25, 0.3) is 0 Å². The first kappa shape index (κ1) is 25.1. The van der Waals surface area contributed by atoms with Gasteiger partial charge in [0.05, 0.1) is 0 Å². The summed E-state index contributed by atoms with van der Waals surface area (Å²) in [7, 11) is -2.25. The van der Waals surface area contributed by atoms with Gasteiger partial charge in [-0.3, -0.25) is 0 Å². The molecule has 135 valence electrons. The summed E-state index contributed by atoms with van der Waals surface area (Å²) in [5, 5.41) is 3.46. The van der Waals surface area contributed by atoms with Crippen LogP contribution in [0.5, 0.6) is 0 Å². The third kappa shape index (κ3) is 6.06. The Labute approximate surface area is 173 Å². The summed E-state index contributed by atoms with van der Waals surface area (Å²) in [6.07, 6.45) is 13.1. The van der Waals surface area contributed by atoms with Crippen molar-refractivity contribution in [2.75, 3.05) is 0 Å². The topological polar surface area (TPSA) is 0 Å². The van der Waals surface area contributed by atoms with Crippen molar-refractivity contribution < 1.29 is 45.7 Å². The number of allylic oxidation sites excluding steroid dienone is 8. The normalized spacial score (nSPS) is 17.5. The van der Waals surface area contributed by atoms with E-state index in [1.807, 2.05) is 6.56 Å². The first-order valence-electron chi connectivity index (χ1n) is 8.70. The SMILES string of the molecule is C[SiH](C)[Zr+2]([C]1=CC([Si](C)(C)C)=CC1)[C]1=CC([Si](C)(C)C)=CC1.[Cl-].[Cl-]. The molecule has 6 heteroatoms. The Bertz CT molecular complexity index is 528. The minimum atomic E-state index is -1.50. The molecule has 0 bridgehead atoms. The monoisotopic (exact) mass is 493 g/mol. The first-order chi connectivity index (χ1) is 10.00. The van der Waals surface area contributed by atoms with E-state index >= 15 is 0 Å². The smallest absolute Gasteiger partial charge is 1.00 e. The van der Waals surface area contributed by atoms with Crippen molar-refractivity contribution in [3.8, 4) is 0 Å². The molecule has 0 heterocycles. The Balaban J connectivity index is 0.00000264. The van der Waals surface area contributed by atoms with Crippen molar-refractivity contribution in [3.05, 3.63) is 41.3 Å². The fourth-order valence-electron chi connectivity index (χ4n) is 3.42. The number of hydrogen-bond acceptors (Lipinski definition) is 0. The van der Waals surface area contributed by atoms with Crippen molar-refractivity contribution in [2.24, 2.45) is 0 Å². The summed E-state index contributed by atoms with van der Waals surface area (Å²) in [4.78, 5) is 0. The molecule has 0 radical (unpaired) electrons. The van der Waals surface area contributed by atoms with Crippen LogP contribution in [-0.2, 0) is 20.9 Å². The molecule has 0 fully saturated rings. The third-order valence-corrected chi connectivity index (χ3v) is 28.1. The molecule has 0 amide bonds. The van der Waals surface area contributed by atoms with E-state index in [9.17, 15) is 0 Å². The fourth-order valence-corrected chi connectivity index (χ4v) is 25.7. The van der Waals surface area contributed by atoms with Gasteiger partial charge in [-0.15, -0.1) is 0 Å². The molecule has 0 nitrogen and oxygen atoms in total. The molecule has 0 aromatic carbocycles. The van der Waals surface area contributed by atoms with Crippen LogP contribution in [0.3, 0.4) is 0 Å².